The number of benzene rings is 2. The lowest BCUT2D eigenvalue weighted by atomic mass is 10.1. The second-order valence-electron chi connectivity index (χ2n) is 5.09. The van der Waals surface area contributed by atoms with E-state index in [9.17, 15) is 14.0 Å². The summed E-state index contributed by atoms with van der Waals surface area (Å²) in [6.45, 7) is 3.33. The minimum absolute atomic E-state index is 0.0448. The normalized spacial score (nSPS) is 10.1. The highest BCUT2D eigenvalue weighted by molar-refractivity contribution is 5.94. The molecule has 0 aliphatic rings. The first-order valence-corrected chi connectivity index (χ1v) is 6.86. The van der Waals surface area contributed by atoms with Gasteiger partial charge in [-0.25, -0.2) is 4.39 Å². The van der Waals surface area contributed by atoms with Crippen LogP contribution in [0.4, 0.5) is 15.8 Å². The van der Waals surface area contributed by atoms with Gasteiger partial charge in [-0.2, -0.15) is 0 Å². The Morgan fingerprint density at radius 3 is 2.36 bits per heavy atom. The summed E-state index contributed by atoms with van der Waals surface area (Å²) in [6.07, 6.45) is 0.157. The zero-order chi connectivity index (χ0) is 16.1. The van der Waals surface area contributed by atoms with E-state index < -0.39 is 5.82 Å². The predicted molar refractivity (Wildman–Crippen MR) is 84.2 cm³/mol. The zero-order valence-corrected chi connectivity index (χ0v) is 12.4. The first-order chi connectivity index (χ1) is 10.4. The maximum absolute atomic E-state index is 13.7. The molecule has 2 rings (SSSR count). The predicted octanol–water partition coefficient (Wildman–Crippen LogP) is 3.27. The summed E-state index contributed by atoms with van der Waals surface area (Å²) >= 11 is 0. The van der Waals surface area contributed by atoms with Gasteiger partial charge in [-0.3, -0.25) is 9.59 Å². The van der Waals surface area contributed by atoms with Gasteiger partial charge >= 0.3 is 0 Å². The number of anilines is 2. The Kier molecular flexibility index (Phi) is 4.88. The molecule has 2 N–H and O–H groups in total. The van der Waals surface area contributed by atoms with Crippen molar-refractivity contribution < 1.29 is 14.0 Å². The van der Waals surface area contributed by atoms with E-state index in [4.69, 9.17) is 0 Å². The van der Waals surface area contributed by atoms with Gasteiger partial charge in [-0.1, -0.05) is 29.8 Å². The van der Waals surface area contributed by atoms with E-state index in [-0.39, 0.29) is 23.9 Å². The average Bonchev–Trinajstić information content (AvgIpc) is 2.44. The standard InChI is InChI=1S/C17H17FN2O2/c1-11-3-5-13(6-4-11)9-17(22)20-16-10-14(19-12(2)21)7-8-15(16)18/h3-8,10H,9H2,1-2H3,(H,19,21)(H,20,22). The van der Waals surface area contributed by atoms with E-state index >= 15 is 0 Å². The molecule has 2 aromatic carbocycles. The zero-order valence-electron chi connectivity index (χ0n) is 12.4. The summed E-state index contributed by atoms with van der Waals surface area (Å²) in [4.78, 5) is 23.0. The molecule has 0 atom stereocenters. The molecule has 2 aromatic rings. The number of hydrogen-bond donors (Lipinski definition) is 2. The molecule has 0 radical (unpaired) electrons. The molecule has 0 spiro atoms. The number of carbonyl (C=O) groups is 2. The summed E-state index contributed by atoms with van der Waals surface area (Å²) in [7, 11) is 0. The molecular formula is C17H17FN2O2. The third-order valence-electron chi connectivity index (χ3n) is 3.05. The molecule has 2 amide bonds. The van der Waals surface area contributed by atoms with Gasteiger partial charge in [0.15, 0.2) is 0 Å². The van der Waals surface area contributed by atoms with E-state index in [1.165, 1.54) is 25.1 Å². The van der Waals surface area contributed by atoms with Crippen molar-refractivity contribution in [2.75, 3.05) is 10.6 Å². The minimum atomic E-state index is -0.550. The summed E-state index contributed by atoms with van der Waals surface area (Å²) in [5.74, 6) is -1.13. The molecular weight excluding hydrogens is 283 g/mol. The second-order valence-corrected chi connectivity index (χ2v) is 5.09. The molecule has 0 saturated carbocycles. The van der Waals surface area contributed by atoms with Crippen LogP contribution in [-0.4, -0.2) is 11.8 Å². The Bertz CT molecular complexity index is 696. The van der Waals surface area contributed by atoms with Crippen LogP contribution in [0.3, 0.4) is 0 Å². The lowest BCUT2D eigenvalue weighted by Gasteiger charge is -2.09. The third-order valence-corrected chi connectivity index (χ3v) is 3.05. The van der Waals surface area contributed by atoms with Crippen LogP contribution in [-0.2, 0) is 16.0 Å². The fourth-order valence-electron chi connectivity index (χ4n) is 1.99. The van der Waals surface area contributed by atoms with Gasteiger partial charge < -0.3 is 10.6 Å². The SMILES string of the molecule is CC(=O)Nc1ccc(F)c(NC(=O)Cc2ccc(C)cc2)c1. The van der Waals surface area contributed by atoms with Crippen molar-refractivity contribution in [3.63, 3.8) is 0 Å². The van der Waals surface area contributed by atoms with Gasteiger partial charge in [-0.15, -0.1) is 0 Å². The van der Waals surface area contributed by atoms with Crippen LogP contribution in [0.5, 0.6) is 0 Å². The number of rotatable bonds is 4. The molecule has 0 aromatic heterocycles. The summed E-state index contributed by atoms with van der Waals surface area (Å²) in [5.41, 5.74) is 2.43. The van der Waals surface area contributed by atoms with Crippen LogP contribution in [0.2, 0.25) is 0 Å². The second kappa shape index (κ2) is 6.85. The number of halogens is 1. The lowest BCUT2D eigenvalue weighted by Crippen LogP contribution is -2.16. The Labute approximate surface area is 128 Å². The maximum atomic E-state index is 13.7. The molecule has 0 bridgehead atoms. The van der Waals surface area contributed by atoms with Crippen LogP contribution < -0.4 is 10.6 Å². The number of amides is 2. The highest BCUT2D eigenvalue weighted by atomic mass is 19.1. The van der Waals surface area contributed by atoms with Gasteiger partial charge in [0.1, 0.15) is 5.82 Å². The molecule has 22 heavy (non-hydrogen) atoms. The Hall–Kier alpha value is -2.69. The number of hydrogen-bond acceptors (Lipinski definition) is 2. The van der Waals surface area contributed by atoms with Crippen LogP contribution >= 0.6 is 0 Å². The van der Waals surface area contributed by atoms with Crippen LogP contribution in [0.1, 0.15) is 18.1 Å². The van der Waals surface area contributed by atoms with Gasteiger partial charge in [0, 0.05) is 12.6 Å². The topological polar surface area (TPSA) is 58.2 Å². The van der Waals surface area contributed by atoms with E-state index in [1.54, 1.807) is 0 Å². The monoisotopic (exact) mass is 300 g/mol. The molecule has 0 aliphatic heterocycles. The number of aryl methyl sites for hydroxylation is 1. The molecule has 114 valence electrons. The van der Waals surface area contributed by atoms with Crippen molar-refractivity contribution >= 4 is 23.2 Å². The van der Waals surface area contributed by atoms with Crippen LogP contribution in [0, 0.1) is 12.7 Å². The number of nitrogens with one attached hydrogen (secondary N) is 2. The highest BCUT2D eigenvalue weighted by Gasteiger charge is 2.09. The maximum Gasteiger partial charge on any atom is 0.228 e. The van der Waals surface area contributed by atoms with E-state index in [2.05, 4.69) is 10.6 Å². The fourth-order valence-corrected chi connectivity index (χ4v) is 1.99. The van der Waals surface area contributed by atoms with Crippen molar-refractivity contribution in [2.24, 2.45) is 0 Å². The Balaban J connectivity index is 2.07. The van der Waals surface area contributed by atoms with Crippen molar-refractivity contribution in [3.8, 4) is 0 Å². The van der Waals surface area contributed by atoms with Crippen LogP contribution in [0.15, 0.2) is 42.5 Å². The summed E-state index contributed by atoms with van der Waals surface area (Å²) < 4.78 is 13.7. The van der Waals surface area contributed by atoms with Gasteiger partial charge in [0.2, 0.25) is 11.8 Å². The van der Waals surface area contributed by atoms with Gasteiger partial charge in [-0.05, 0) is 30.7 Å². The van der Waals surface area contributed by atoms with E-state index in [0.29, 0.717) is 5.69 Å². The van der Waals surface area contributed by atoms with Crippen LogP contribution in [0.25, 0.3) is 0 Å². The minimum Gasteiger partial charge on any atom is -0.326 e. The first kappa shape index (κ1) is 15.7. The Morgan fingerprint density at radius 1 is 1.05 bits per heavy atom. The first-order valence-electron chi connectivity index (χ1n) is 6.86. The van der Waals surface area contributed by atoms with Crippen molar-refractivity contribution in [1.82, 2.24) is 0 Å². The lowest BCUT2D eigenvalue weighted by molar-refractivity contribution is -0.116. The molecule has 0 aliphatic carbocycles. The van der Waals surface area contributed by atoms with Crippen molar-refractivity contribution in [3.05, 3.63) is 59.4 Å². The molecule has 0 heterocycles. The summed E-state index contributed by atoms with van der Waals surface area (Å²) in [5, 5.41) is 5.07. The van der Waals surface area contributed by atoms with Crippen molar-refractivity contribution in [2.45, 2.75) is 20.3 Å². The smallest absolute Gasteiger partial charge is 0.228 e. The van der Waals surface area contributed by atoms with E-state index in [1.807, 2.05) is 31.2 Å². The molecule has 0 fully saturated rings. The van der Waals surface area contributed by atoms with E-state index in [0.717, 1.165) is 11.1 Å². The fraction of sp³-hybridized carbons (Fsp3) is 0.176. The molecule has 0 saturated heterocycles. The Morgan fingerprint density at radius 2 is 1.73 bits per heavy atom. The highest BCUT2D eigenvalue weighted by Crippen LogP contribution is 2.20. The quantitative estimate of drug-likeness (QED) is 0.910. The molecule has 4 nitrogen and oxygen atoms in total. The molecule has 5 heteroatoms. The van der Waals surface area contributed by atoms with Crippen molar-refractivity contribution in [1.29, 1.82) is 0 Å². The van der Waals surface area contributed by atoms with Gasteiger partial charge in [0.25, 0.3) is 0 Å². The third kappa shape index (κ3) is 4.41. The largest absolute Gasteiger partial charge is 0.326 e. The van der Waals surface area contributed by atoms with Gasteiger partial charge in [0.05, 0.1) is 12.1 Å². The summed E-state index contributed by atoms with van der Waals surface area (Å²) in [6, 6.07) is 11.6. The average molecular weight is 300 g/mol. The molecule has 0 unspecified atom stereocenters. The number of carbonyl (C=O) groups excluding carboxylic acids is 2.